The van der Waals surface area contributed by atoms with Crippen molar-refractivity contribution < 1.29 is 161 Å². The molecule has 1 N–H and O–H groups in total. The average Bonchev–Trinajstić information content (AvgIpc) is 1.65. The summed E-state index contributed by atoms with van der Waals surface area (Å²) < 4.78 is 0. The van der Waals surface area contributed by atoms with Gasteiger partial charge in [0.1, 0.15) is 0 Å². The fraction of sp³-hybridized carbons (Fsp3) is 0.400. The fourth-order valence-electron chi connectivity index (χ4n) is 0.0680. The molecule has 0 spiro atoms. The zero-order valence-electron chi connectivity index (χ0n) is 7.43. The number of hydrogen-bond donors (Lipinski definition) is 0. The van der Waals surface area contributed by atoms with Gasteiger partial charge in [-0.25, -0.2) is 6.42 Å². The van der Waals surface area contributed by atoms with E-state index in [2.05, 4.69) is 19.6 Å². The van der Waals surface area contributed by atoms with Crippen molar-refractivity contribution in [1.29, 1.82) is 0 Å². The first-order valence-electron chi connectivity index (χ1n) is 1.77. The topological polar surface area (TPSA) is 23.8 Å². The predicted octanol–water partition coefficient (Wildman–Crippen LogP) is 1.78. The van der Waals surface area contributed by atoms with Crippen molar-refractivity contribution in [1.82, 2.24) is 0 Å². The molecule has 0 aromatic carbocycles. The summed E-state index contributed by atoms with van der Waals surface area (Å²) in [4.78, 5) is 0. The minimum Gasteiger partial charge on any atom is -1.01 e. The van der Waals surface area contributed by atoms with E-state index < -0.39 is 0 Å². The molecule has 0 aliphatic rings. The molecule has 1 atom stereocenters. The zero-order valence-corrected chi connectivity index (χ0v) is 25.6. The largest absolute Gasteiger partial charge is 3.00 e. The van der Waals surface area contributed by atoms with Crippen LogP contribution in [0.3, 0.4) is 0 Å². The Hall–Kier alpha value is 5.69. The summed E-state index contributed by atoms with van der Waals surface area (Å²) in [6, 6.07) is -0.236. The van der Waals surface area contributed by atoms with Gasteiger partial charge in [0, 0.05) is 108 Å². The second-order valence-electron chi connectivity index (χ2n) is 1.03. The first-order chi connectivity index (χ1) is 2.81. The van der Waals surface area contributed by atoms with Crippen molar-refractivity contribution >= 4 is 12.6 Å². The smallest absolute Gasteiger partial charge is 1.01 e. The third-order valence-electron chi connectivity index (χ3n) is 0.475. The van der Waals surface area contributed by atoms with Crippen molar-refractivity contribution in [3.63, 3.8) is 0 Å². The maximum Gasteiger partial charge on any atom is 3.00 e. The summed E-state index contributed by atoms with van der Waals surface area (Å²) in [6.07, 6.45) is 0.587. The molecule has 0 aromatic heterocycles. The molecule has 0 bridgehead atoms. The van der Waals surface area contributed by atoms with E-state index in [4.69, 9.17) is 5.73 Å². The van der Waals surface area contributed by atoms with Gasteiger partial charge in [0.2, 0.25) is 0 Å². The third-order valence-corrected chi connectivity index (χ3v) is 0.804. The maximum absolute atomic E-state index is 6.85. The van der Waals surface area contributed by atoms with E-state index in [0.717, 1.165) is 0 Å². The van der Waals surface area contributed by atoms with Crippen molar-refractivity contribution in [2.75, 3.05) is 0 Å². The van der Waals surface area contributed by atoms with Crippen LogP contribution in [0.15, 0.2) is 0 Å². The van der Waals surface area contributed by atoms with Crippen LogP contribution in [0.4, 0.5) is 0 Å². The molecule has 0 aliphatic heterocycles. The Morgan fingerprint density at radius 3 is 1.54 bits per heavy atom. The molecule has 0 aromatic rings. The fourth-order valence-corrected chi connectivity index (χ4v) is 0.204. The van der Waals surface area contributed by atoms with E-state index in [0.29, 0.717) is 6.42 Å². The van der Waals surface area contributed by atoms with Gasteiger partial charge in [-0.2, -0.15) is 0 Å². The summed E-state index contributed by atoms with van der Waals surface area (Å²) >= 11 is 4.42. The van der Waals surface area contributed by atoms with Gasteiger partial charge >= 0.3 is 53.8 Å². The first-order valence-corrected chi connectivity index (χ1v) is 2.24. The summed E-state index contributed by atoms with van der Waals surface area (Å²) in [5, 5.41) is 0. The molecule has 0 saturated carbocycles. The molecule has 0 aliphatic carbocycles. The minimum atomic E-state index is -0.236. The summed E-state index contributed by atoms with van der Waals surface area (Å²) in [7, 11) is 0. The van der Waals surface area contributed by atoms with Crippen LogP contribution in [0.5, 0.6) is 0 Å². The Morgan fingerprint density at radius 2 is 1.54 bits per heavy atom. The first kappa shape index (κ1) is 51.2. The minimum absolute atomic E-state index is 0. The van der Waals surface area contributed by atoms with E-state index in [-0.39, 0.29) is 175 Å². The van der Waals surface area contributed by atoms with Crippen LogP contribution >= 0.6 is 0 Å². The van der Waals surface area contributed by atoms with Gasteiger partial charge in [-0.15, -0.1) is 0 Å². The van der Waals surface area contributed by atoms with Crippen LogP contribution in [0.1, 0.15) is 6.42 Å². The molecule has 68 valence electrons. The second kappa shape index (κ2) is 43.1. The quantitative estimate of drug-likeness (QED) is 0.307. The summed E-state index contributed by atoms with van der Waals surface area (Å²) in [5.41, 5.74) is 6.85. The molecule has 2 radical (unpaired) electrons. The summed E-state index contributed by atoms with van der Waals surface area (Å²) in [5.74, 6) is 1.41. The number of nitrogens with one attached hydrogen (secondary N) is 1. The van der Waals surface area contributed by atoms with Crippen molar-refractivity contribution in [3.8, 4) is 0 Å². The van der Waals surface area contributed by atoms with Gasteiger partial charge in [0.25, 0.3) is 0 Å². The van der Waals surface area contributed by atoms with Gasteiger partial charge in [-0.3, -0.25) is 0 Å². The molecular weight excluding hydrogens is 924 g/mol. The molecule has 8 heteroatoms. The average molecular weight is 934 g/mol. The van der Waals surface area contributed by atoms with Gasteiger partial charge in [-0.1, -0.05) is 0 Å². The van der Waals surface area contributed by atoms with Gasteiger partial charge in [0.05, 0.1) is 0 Å². The van der Waals surface area contributed by atoms with Crippen molar-refractivity contribution in [2.45, 2.75) is 12.5 Å². The van der Waals surface area contributed by atoms with Crippen molar-refractivity contribution in [2.24, 2.45) is 0 Å². The van der Waals surface area contributed by atoms with Crippen LogP contribution in [-0.4, -0.2) is 6.04 Å². The normalized spacial score (nSPS) is 6.69. The van der Waals surface area contributed by atoms with E-state index in [1.807, 2.05) is 0 Å². The van der Waals surface area contributed by atoms with Gasteiger partial charge in [0.15, 0.2) is 0 Å². The SMILES string of the molecule is [CH2-]CC([NH-])[CH-][S-].[CH3-].[W+2].[W].[W].[Y+3].[Y].[Y]. The predicted molar refractivity (Wildman–Crippen MR) is 36.2 cm³/mol. The molecule has 0 amide bonds. The maximum atomic E-state index is 6.85. The molecule has 13 heavy (non-hydrogen) atoms. The standard InChI is InChI=1S/C4H7NS.CH3.3W.3Y/c1-2-4(5)3-6;;;;;;;/h3-5H,1-2H2;1H3;;;;;;/q-4;-1;;;+2;;;+3. The van der Waals surface area contributed by atoms with Crippen LogP contribution in [0.25, 0.3) is 5.73 Å². The summed E-state index contributed by atoms with van der Waals surface area (Å²) in [6.45, 7) is 3.47. The number of hydrogen-bond acceptors (Lipinski definition) is 1. The molecule has 1 unspecified atom stereocenters. The Labute approximate surface area is 207 Å². The van der Waals surface area contributed by atoms with E-state index in [1.54, 1.807) is 0 Å². The van der Waals surface area contributed by atoms with E-state index >= 15 is 0 Å². The molecule has 1 nitrogen and oxygen atoms in total. The van der Waals surface area contributed by atoms with Gasteiger partial charge in [-0.05, 0) is 0 Å². The van der Waals surface area contributed by atoms with Crippen LogP contribution in [-0.2, 0) is 174 Å². The Balaban J connectivity index is -0.00000000595. The third kappa shape index (κ3) is 46.4. The Morgan fingerprint density at radius 1 is 1.31 bits per heavy atom. The molecule has 0 rings (SSSR count). The molecule has 0 saturated heterocycles. The van der Waals surface area contributed by atoms with E-state index in [1.165, 1.54) is 5.75 Å². The van der Waals surface area contributed by atoms with Crippen LogP contribution in [0, 0.1) is 20.1 Å². The zero-order chi connectivity index (χ0) is 4.99. The Kier molecular flexibility index (Phi) is 170. The van der Waals surface area contributed by atoms with Crippen LogP contribution in [0.2, 0.25) is 0 Å². The van der Waals surface area contributed by atoms with Crippen molar-refractivity contribution in [3.05, 3.63) is 25.8 Å². The Bertz CT molecular complexity index is 46.2. The second-order valence-corrected chi connectivity index (χ2v) is 1.30. The molecular formula is C5H10NSW3Y3. The molecule has 0 heterocycles. The number of rotatable bonds is 2. The van der Waals surface area contributed by atoms with E-state index in [9.17, 15) is 0 Å². The molecule has 0 fully saturated rings. The van der Waals surface area contributed by atoms with Crippen LogP contribution < -0.4 is 0 Å². The van der Waals surface area contributed by atoms with Gasteiger partial charge < -0.3 is 44.5 Å². The monoisotopic (exact) mass is 935 g/mol.